The summed E-state index contributed by atoms with van der Waals surface area (Å²) in [6, 6.07) is 7.17. The van der Waals surface area contributed by atoms with Crippen molar-refractivity contribution in [2.24, 2.45) is 0 Å². The zero-order valence-corrected chi connectivity index (χ0v) is 14.7. The molecule has 0 saturated carbocycles. The predicted octanol–water partition coefficient (Wildman–Crippen LogP) is 0.736. The fraction of sp³-hybridized carbons (Fsp3) is 0.562. The van der Waals surface area contributed by atoms with Gasteiger partial charge < -0.3 is 10.2 Å². The van der Waals surface area contributed by atoms with Gasteiger partial charge in [0.25, 0.3) is 0 Å². The summed E-state index contributed by atoms with van der Waals surface area (Å²) < 4.78 is 25.6. The van der Waals surface area contributed by atoms with Crippen LogP contribution in [0.5, 0.6) is 0 Å². The van der Waals surface area contributed by atoms with Crippen molar-refractivity contribution in [3.63, 3.8) is 0 Å². The molecule has 7 heteroatoms. The number of nitrogens with zero attached hydrogens (tertiary/aromatic N) is 1. The Morgan fingerprint density at radius 1 is 1.30 bits per heavy atom. The van der Waals surface area contributed by atoms with E-state index in [2.05, 4.69) is 23.9 Å². The van der Waals surface area contributed by atoms with Gasteiger partial charge in [0.15, 0.2) is 0 Å². The number of carbonyl (C=O) groups excluding carboxylic acids is 1. The molecule has 2 atom stereocenters. The lowest BCUT2D eigenvalue weighted by Crippen LogP contribution is -2.57. The minimum Gasteiger partial charge on any atom is -0.337 e. The summed E-state index contributed by atoms with van der Waals surface area (Å²) in [5, 5.41) is 3.36. The summed E-state index contributed by atoms with van der Waals surface area (Å²) in [7, 11) is -2.02. The van der Waals surface area contributed by atoms with Crippen molar-refractivity contribution < 1.29 is 13.2 Å². The Labute approximate surface area is 138 Å². The molecule has 1 aromatic carbocycles. The van der Waals surface area contributed by atoms with E-state index in [4.69, 9.17) is 0 Å². The quantitative estimate of drug-likeness (QED) is 0.829. The lowest BCUT2D eigenvalue weighted by Gasteiger charge is -2.38. The number of hydrogen-bond acceptors (Lipinski definition) is 4. The van der Waals surface area contributed by atoms with Crippen LogP contribution in [0.2, 0.25) is 0 Å². The van der Waals surface area contributed by atoms with Gasteiger partial charge >= 0.3 is 0 Å². The average molecular weight is 339 g/mol. The molecule has 0 spiro atoms. The molecule has 1 amide bonds. The number of amides is 1. The minimum atomic E-state index is -3.41. The van der Waals surface area contributed by atoms with Gasteiger partial charge in [-0.25, -0.2) is 13.1 Å². The van der Waals surface area contributed by atoms with Crippen LogP contribution < -0.4 is 10.0 Å². The topological polar surface area (TPSA) is 78.5 Å². The third kappa shape index (κ3) is 4.31. The second kappa shape index (κ2) is 7.42. The van der Waals surface area contributed by atoms with Gasteiger partial charge in [0.1, 0.15) is 0 Å². The predicted molar refractivity (Wildman–Crippen MR) is 89.6 cm³/mol. The fourth-order valence-electron chi connectivity index (χ4n) is 2.76. The van der Waals surface area contributed by atoms with Crippen LogP contribution >= 0.6 is 0 Å². The monoisotopic (exact) mass is 339 g/mol. The number of rotatable bonds is 5. The Kier molecular flexibility index (Phi) is 5.78. The highest BCUT2D eigenvalue weighted by Gasteiger charge is 2.27. The van der Waals surface area contributed by atoms with Crippen LogP contribution in [0.25, 0.3) is 0 Å². The number of carbonyl (C=O) groups is 1. The van der Waals surface area contributed by atoms with Crippen LogP contribution in [0.3, 0.4) is 0 Å². The van der Waals surface area contributed by atoms with Crippen molar-refractivity contribution in [2.45, 2.75) is 43.7 Å². The number of hydrogen-bond donors (Lipinski definition) is 2. The first kappa shape index (κ1) is 17.9. The van der Waals surface area contributed by atoms with Gasteiger partial charge in [0, 0.05) is 31.6 Å². The van der Waals surface area contributed by atoms with E-state index in [0.717, 1.165) is 18.7 Å². The Balaban J connectivity index is 1.94. The average Bonchev–Trinajstić information content (AvgIpc) is 2.55. The summed E-state index contributed by atoms with van der Waals surface area (Å²) in [5.41, 5.74) is 0.962. The normalized spacial score (nSPS) is 22.1. The zero-order valence-electron chi connectivity index (χ0n) is 13.9. The molecule has 2 rings (SSSR count). The second-order valence-electron chi connectivity index (χ2n) is 5.92. The molecule has 6 nitrogen and oxygen atoms in total. The van der Waals surface area contributed by atoms with E-state index in [9.17, 15) is 13.2 Å². The molecule has 0 aliphatic carbocycles. The third-order valence-corrected chi connectivity index (χ3v) is 5.91. The zero-order chi connectivity index (χ0) is 17.0. The van der Waals surface area contributed by atoms with Gasteiger partial charge in [0.05, 0.1) is 4.90 Å². The summed E-state index contributed by atoms with van der Waals surface area (Å²) in [5.74, 6) is 0.151. The highest BCUT2D eigenvalue weighted by molar-refractivity contribution is 7.89. The molecule has 1 aliphatic rings. The largest absolute Gasteiger partial charge is 0.337 e. The molecule has 128 valence electrons. The van der Waals surface area contributed by atoms with E-state index < -0.39 is 10.0 Å². The molecular formula is C16H25N3O3S. The SMILES string of the molecule is CNS(=O)(=O)c1ccc(CCC(=O)N2CCNC(C)C2C)cc1. The Morgan fingerprint density at radius 2 is 1.96 bits per heavy atom. The molecule has 0 bridgehead atoms. The van der Waals surface area contributed by atoms with Crippen molar-refractivity contribution in [2.75, 3.05) is 20.1 Å². The molecule has 1 aliphatic heterocycles. The van der Waals surface area contributed by atoms with E-state index in [0.29, 0.717) is 18.9 Å². The van der Waals surface area contributed by atoms with Crippen molar-refractivity contribution >= 4 is 15.9 Å². The first-order chi connectivity index (χ1) is 10.8. The maximum Gasteiger partial charge on any atom is 0.240 e. The smallest absolute Gasteiger partial charge is 0.240 e. The number of aryl methyl sites for hydroxylation is 1. The van der Waals surface area contributed by atoms with E-state index in [1.54, 1.807) is 24.3 Å². The van der Waals surface area contributed by atoms with E-state index in [-0.39, 0.29) is 16.8 Å². The summed E-state index contributed by atoms with van der Waals surface area (Å²) in [6.07, 6.45) is 1.05. The lowest BCUT2D eigenvalue weighted by atomic mass is 10.0. The fourth-order valence-corrected chi connectivity index (χ4v) is 3.49. The van der Waals surface area contributed by atoms with Crippen LogP contribution in [0.4, 0.5) is 0 Å². The van der Waals surface area contributed by atoms with Gasteiger partial charge in [-0.2, -0.15) is 0 Å². The number of sulfonamides is 1. The minimum absolute atomic E-state index is 0.151. The van der Waals surface area contributed by atoms with Crippen molar-refractivity contribution in [3.05, 3.63) is 29.8 Å². The van der Waals surface area contributed by atoms with Crippen LogP contribution in [-0.2, 0) is 21.2 Å². The Hall–Kier alpha value is -1.44. The first-order valence-corrected chi connectivity index (χ1v) is 9.39. The van der Waals surface area contributed by atoms with Gasteiger partial charge in [-0.05, 0) is 45.0 Å². The van der Waals surface area contributed by atoms with Gasteiger partial charge in [-0.1, -0.05) is 12.1 Å². The van der Waals surface area contributed by atoms with E-state index in [1.165, 1.54) is 7.05 Å². The van der Waals surface area contributed by atoms with Crippen molar-refractivity contribution in [1.29, 1.82) is 0 Å². The summed E-state index contributed by atoms with van der Waals surface area (Å²) >= 11 is 0. The maximum absolute atomic E-state index is 12.4. The van der Waals surface area contributed by atoms with E-state index in [1.807, 2.05) is 4.90 Å². The van der Waals surface area contributed by atoms with Crippen LogP contribution in [-0.4, -0.2) is 51.4 Å². The summed E-state index contributed by atoms with van der Waals surface area (Å²) in [4.78, 5) is 14.6. The molecule has 23 heavy (non-hydrogen) atoms. The lowest BCUT2D eigenvalue weighted by molar-refractivity contribution is -0.134. The highest BCUT2D eigenvalue weighted by atomic mass is 32.2. The molecule has 1 fully saturated rings. The molecule has 0 aromatic heterocycles. The standard InChI is InChI=1S/C16H25N3O3S/c1-12-13(2)19(11-10-18-12)16(20)9-6-14-4-7-15(8-5-14)23(21,22)17-3/h4-5,7-8,12-13,17-18H,6,9-11H2,1-3H3. The molecular weight excluding hydrogens is 314 g/mol. The van der Waals surface area contributed by atoms with Crippen LogP contribution in [0, 0.1) is 0 Å². The molecule has 0 radical (unpaired) electrons. The molecule has 1 aromatic rings. The number of nitrogens with one attached hydrogen (secondary N) is 2. The second-order valence-corrected chi connectivity index (χ2v) is 7.81. The van der Waals surface area contributed by atoms with Gasteiger partial charge in [-0.3, -0.25) is 4.79 Å². The van der Waals surface area contributed by atoms with E-state index >= 15 is 0 Å². The molecule has 1 saturated heterocycles. The molecule has 2 N–H and O–H groups in total. The van der Waals surface area contributed by atoms with Crippen molar-refractivity contribution in [3.8, 4) is 0 Å². The molecule has 2 unspecified atom stereocenters. The van der Waals surface area contributed by atoms with Gasteiger partial charge in [-0.15, -0.1) is 0 Å². The Bertz CT molecular complexity index is 643. The molecule has 1 heterocycles. The summed E-state index contributed by atoms with van der Waals surface area (Å²) in [6.45, 7) is 5.72. The highest BCUT2D eigenvalue weighted by Crippen LogP contribution is 2.14. The third-order valence-electron chi connectivity index (χ3n) is 4.48. The van der Waals surface area contributed by atoms with Crippen molar-refractivity contribution in [1.82, 2.24) is 14.9 Å². The maximum atomic E-state index is 12.4. The van der Waals surface area contributed by atoms with Crippen LogP contribution in [0.1, 0.15) is 25.8 Å². The first-order valence-electron chi connectivity index (χ1n) is 7.90. The Morgan fingerprint density at radius 3 is 2.57 bits per heavy atom. The number of benzene rings is 1. The number of piperazine rings is 1. The van der Waals surface area contributed by atoms with Gasteiger partial charge in [0.2, 0.25) is 15.9 Å². The van der Waals surface area contributed by atoms with Crippen LogP contribution in [0.15, 0.2) is 29.2 Å².